The summed E-state index contributed by atoms with van der Waals surface area (Å²) in [6.45, 7) is 13.3. The van der Waals surface area contributed by atoms with Crippen molar-refractivity contribution in [2.75, 3.05) is 26.2 Å². The minimum Gasteiger partial charge on any atom is -0.491 e. The molecule has 1 heterocycles. The lowest BCUT2D eigenvalue weighted by Gasteiger charge is -2.36. The minimum atomic E-state index is -0.488. The van der Waals surface area contributed by atoms with Crippen LogP contribution in [-0.4, -0.2) is 54.6 Å². The molecule has 1 aliphatic rings. The second kappa shape index (κ2) is 8.13. The van der Waals surface area contributed by atoms with Gasteiger partial charge in [0.05, 0.1) is 12.2 Å². The summed E-state index contributed by atoms with van der Waals surface area (Å²) in [5, 5.41) is 10.2. The summed E-state index contributed by atoms with van der Waals surface area (Å²) in [4.78, 5) is 2.25. The van der Waals surface area contributed by atoms with Crippen LogP contribution >= 0.6 is 0 Å². The molecule has 0 spiro atoms. The van der Waals surface area contributed by atoms with Gasteiger partial charge in [-0.3, -0.25) is 4.90 Å². The highest BCUT2D eigenvalue weighted by Gasteiger charge is 2.23. The molecule has 1 saturated heterocycles. The number of morpholine rings is 1. The summed E-state index contributed by atoms with van der Waals surface area (Å²) in [6, 6.07) is 6.17. The Balaban J connectivity index is 1.82. The number of hydrogen-bond acceptors (Lipinski definition) is 4. The molecule has 1 aromatic carbocycles. The standard InChI is InChI=1S/C19H31NO3/c1-13(2)19-7-6-18(8-14(19)3)22-12-17(21)11-20-9-15(4)23-16(5)10-20/h6-8,13,15-17,21H,9-12H2,1-5H3/t15-,16-,17+/m0/s1. The number of nitrogens with zero attached hydrogens (tertiary/aromatic N) is 1. The van der Waals surface area contributed by atoms with Crippen molar-refractivity contribution in [1.82, 2.24) is 4.90 Å². The van der Waals surface area contributed by atoms with Crippen LogP contribution in [0.5, 0.6) is 5.75 Å². The molecule has 3 atom stereocenters. The van der Waals surface area contributed by atoms with Gasteiger partial charge in [0.25, 0.3) is 0 Å². The average molecular weight is 321 g/mol. The fourth-order valence-corrected chi connectivity index (χ4v) is 3.36. The van der Waals surface area contributed by atoms with E-state index in [1.54, 1.807) is 0 Å². The summed E-state index contributed by atoms with van der Waals surface area (Å²) in [5.41, 5.74) is 2.58. The summed E-state index contributed by atoms with van der Waals surface area (Å²) in [5.74, 6) is 1.34. The van der Waals surface area contributed by atoms with Crippen molar-refractivity contribution in [2.24, 2.45) is 0 Å². The second-order valence-corrected chi connectivity index (χ2v) is 7.11. The Morgan fingerprint density at radius 2 is 1.91 bits per heavy atom. The summed E-state index contributed by atoms with van der Waals surface area (Å²) < 4.78 is 11.5. The number of β-amino-alcohol motifs (C(OH)–C–C–N with tert-alkyl or cyclic N) is 1. The van der Waals surface area contributed by atoms with Crippen LogP contribution in [0.4, 0.5) is 0 Å². The van der Waals surface area contributed by atoms with E-state index in [9.17, 15) is 5.11 Å². The maximum atomic E-state index is 10.2. The molecule has 0 aromatic heterocycles. The number of benzene rings is 1. The fraction of sp³-hybridized carbons (Fsp3) is 0.684. The minimum absolute atomic E-state index is 0.220. The van der Waals surface area contributed by atoms with E-state index in [0.29, 0.717) is 19.1 Å². The maximum Gasteiger partial charge on any atom is 0.119 e. The average Bonchev–Trinajstić information content (AvgIpc) is 2.43. The molecule has 0 radical (unpaired) electrons. The molecule has 1 N–H and O–H groups in total. The molecule has 1 aromatic rings. The Labute approximate surface area is 140 Å². The fourth-order valence-electron chi connectivity index (χ4n) is 3.36. The normalized spacial score (nSPS) is 24.0. The van der Waals surface area contributed by atoms with E-state index in [0.717, 1.165) is 18.8 Å². The van der Waals surface area contributed by atoms with Gasteiger partial charge in [0.2, 0.25) is 0 Å². The third-order valence-electron chi connectivity index (χ3n) is 4.27. The third-order valence-corrected chi connectivity index (χ3v) is 4.27. The van der Waals surface area contributed by atoms with E-state index in [-0.39, 0.29) is 12.2 Å². The molecule has 1 aliphatic heterocycles. The van der Waals surface area contributed by atoms with E-state index in [4.69, 9.17) is 9.47 Å². The summed E-state index contributed by atoms with van der Waals surface area (Å²) in [6.07, 6.45) is -0.0474. The lowest BCUT2D eigenvalue weighted by molar-refractivity contribution is -0.0786. The molecule has 0 amide bonds. The zero-order chi connectivity index (χ0) is 17.0. The first kappa shape index (κ1) is 18.2. The van der Waals surface area contributed by atoms with Crippen molar-refractivity contribution in [2.45, 2.75) is 58.8 Å². The van der Waals surface area contributed by atoms with E-state index in [1.807, 2.05) is 6.07 Å². The van der Waals surface area contributed by atoms with Crippen molar-refractivity contribution in [3.05, 3.63) is 29.3 Å². The molecular weight excluding hydrogens is 290 g/mol. The van der Waals surface area contributed by atoms with Crippen LogP contribution in [0.2, 0.25) is 0 Å². The molecule has 0 aliphatic carbocycles. The Morgan fingerprint density at radius 3 is 2.48 bits per heavy atom. The Kier molecular flexibility index (Phi) is 6.45. The monoisotopic (exact) mass is 321 g/mol. The van der Waals surface area contributed by atoms with Crippen molar-refractivity contribution in [3.63, 3.8) is 0 Å². The molecule has 1 fully saturated rings. The first-order valence-electron chi connectivity index (χ1n) is 8.64. The van der Waals surface area contributed by atoms with Gasteiger partial charge < -0.3 is 14.6 Å². The Bertz CT molecular complexity index is 493. The number of hydrogen-bond donors (Lipinski definition) is 1. The number of aryl methyl sites for hydroxylation is 1. The molecule has 23 heavy (non-hydrogen) atoms. The van der Waals surface area contributed by atoms with Gasteiger partial charge >= 0.3 is 0 Å². The summed E-state index contributed by atoms with van der Waals surface area (Å²) >= 11 is 0. The summed E-state index contributed by atoms with van der Waals surface area (Å²) in [7, 11) is 0. The second-order valence-electron chi connectivity index (χ2n) is 7.11. The highest BCUT2D eigenvalue weighted by atomic mass is 16.5. The lowest BCUT2D eigenvalue weighted by atomic mass is 9.98. The molecule has 4 nitrogen and oxygen atoms in total. The van der Waals surface area contributed by atoms with Crippen LogP contribution in [0.15, 0.2) is 18.2 Å². The van der Waals surface area contributed by atoms with Gasteiger partial charge in [0, 0.05) is 19.6 Å². The van der Waals surface area contributed by atoms with Crippen molar-refractivity contribution in [3.8, 4) is 5.75 Å². The smallest absolute Gasteiger partial charge is 0.119 e. The topological polar surface area (TPSA) is 41.9 Å². The number of aliphatic hydroxyl groups excluding tert-OH is 1. The van der Waals surface area contributed by atoms with Crippen LogP contribution in [0.1, 0.15) is 44.7 Å². The Hall–Kier alpha value is -1.10. The van der Waals surface area contributed by atoms with E-state index >= 15 is 0 Å². The van der Waals surface area contributed by atoms with Gasteiger partial charge in [-0.2, -0.15) is 0 Å². The van der Waals surface area contributed by atoms with Crippen LogP contribution in [0.25, 0.3) is 0 Å². The number of aliphatic hydroxyl groups is 1. The van der Waals surface area contributed by atoms with Gasteiger partial charge in [0.15, 0.2) is 0 Å². The zero-order valence-corrected chi connectivity index (χ0v) is 15.1. The van der Waals surface area contributed by atoms with Crippen molar-refractivity contribution < 1.29 is 14.6 Å². The molecule has 2 rings (SSSR count). The molecule has 130 valence electrons. The van der Waals surface area contributed by atoms with Crippen molar-refractivity contribution >= 4 is 0 Å². The Morgan fingerprint density at radius 1 is 1.26 bits per heavy atom. The highest BCUT2D eigenvalue weighted by Crippen LogP contribution is 2.23. The molecular formula is C19H31NO3. The first-order valence-corrected chi connectivity index (χ1v) is 8.64. The number of ether oxygens (including phenoxy) is 2. The quantitative estimate of drug-likeness (QED) is 0.875. The third kappa shape index (κ3) is 5.48. The highest BCUT2D eigenvalue weighted by molar-refractivity contribution is 5.36. The SMILES string of the molecule is Cc1cc(OC[C@H](O)CN2C[C@H](C)O[C@@H](C)C2)ccc1C(C)C. The molecule has 0 bridgehead atoms. The lowest BCUT2D eigenvalue weighted by Crippen LogP contribution is -2.48. The van der Waals surface area contributed by atoms with E-state index < -0.39 is 6.10 Å². The zero-order valence-electron chi connectivity index (χ0n) is 15.1. The predicted octanol–water partition coefficient (Wildman–Crippen LogP) is 2.97. The van der Waals surface area contributed by atoms with Crippen molar-refractivity contribution in [1.29, 1.82) is 0 Å². The maximum absolute atomic E-state index is 10.2. The van der Waals surface area contributed by atoms with Gasteiger partial charge in [0.1, 0.15) is 18.5 Å². The predicted molar refractivity (Wildman–Crippen MR) is 93.2 cm³/mol. The molecule has 0 unspecified atom stereocenters. The van der Waals surface area contributed by atoms with Gasteiger partial charge in [-0.1, -0.05) is 19.9 Å². The molecule has 0 saturated carbocycles. The van der Waals surface area contributed by atoms with Crippen LogP contribution in [0, 0.1) is 6.92 Å². The number of rotatable bonds is 6. The van der Waals surface area contributed by atoms with E-state index in [2.05, 4.69) is 51.7 Å². The molecule has 4 heteroatoms. The van der Waals surface area contributed by atoms with Gasteiger partial charge in [-0.25, -0.2) is 0 Å². The van der Waals surface area contributed by atoms with E-state index in [1.165, 1.54) is 11.1 Å². The largest absolute Gasteiger partial charge is 0.491 e. The van der Waals surface area contributed by atoms with Crippen LogP contribution in [-0.2, 0) is 4.74 Å². The van der Waals surface area contributed by atoms with Gasteiger partial charge in [-0.15, -0.1) is 0 Å². The van der Waals surface area contributed by atoms with Crippen LogP contribution in [0.3, 0.4) is 0 Å². The van der Waals surface area contributed by atoms with Gasteiger partial charge in [-0.05, 0) is 49.9 Å². The first-order chi connectivity index (χ1) is 10.8. The van der Waals surface area contributed by atoms with Crippen LogP contribution < -0.4 is 4.74 Å².